The molecule has 8 nitrogen and oxygen atoms in total. The second kappa shape index (κ2) is 9.50. The number of hydrogen-bond donors (Lipinski definition) is 1. The molecule has 1 saturated heterocycles. The van der Waals surface area contributed by atoms with E-state index in [1.165, 1.54) is 0 Å². The molecule has 0 radical (unpaired) electrons. The highest BCUT2D eigenvalue weighted by atomic mass is 35.5. The van der Waals surface area contributed by atoms with Crippen LogP contribution in [0, 0.1) is 6.92 Å². The van der Waals surface area contributed by atoms with Crippen molar-refractivity contribution in [3.63, 3.8) is 0 Å². The standard InChI is InChI=1S/C27H30ClN5O3/c1-16-21(12-29-25-24(16)22(28)13-30-25)17-10-23-26(31-11-17)33(18-6-4-3-5-7-18)27(34)32(23)14-19-8-9-20(35-2)15-36-19/h6,10-13,19-20H,3-5,7-9,14-15H2,1-2H3,(H,29,30)/t19-,20-/m1/s1. The minimum absolute atomic E-state index is 0.0458. The monoisotopic (exact) mass is 507 g/mol. The van der Waals surface area contributed by atoms with Crippen LogP contribution in [0.3, 0.4) is 0 Å². The van der Waals surface area contributed by atoms with Gasteiger partial charge in [0.1, 0.15) is 5.65 Å². The van der Waals surface area contributed by atoms with Gasteiger partial charge in [-0.1, -0.05) is 17.7 Å². The molecule has 0 amide bonds. The van der Waals surface area contributed by atoms with E-state index in [-0.39, 0.29) is 17.9 Å². The zero-order chi connectivity index (χ0) is 24.8. The van der Waals surface area contributed by atoms with Crippen LogP contribution in [0.1, 0.15) is 44.1 Å². The summed E-state index contributed by atoms with van der Waals surface area (Å²) in [5, 5.41) is 1.54. The van der Waals surface area contributed by atoms with Crippen molar-refractivity contribution in [3.05, 3.63) is 51.8 Å². The van der Waals surface area contributed by atoms with Gasteiger partial charge in [-0.05, 0) is 57.1 Å². The fourth-order valence-electron chi connectivity index (χ4n) is 5.55. The summed E-state index contributed by atoms with van der Waals surface area (Å²) in [4.78, 5) is 26.3. The van der Waals surface area contributed by atoms with Gasteiger partial charge in [0.2, 0.25) is 0 Å². The molecule has 4 aromatic heterocycles. The first-order valence-electron chi connectivity index (χ1n) is 12.6. The summed E-state index contributed by atoms with van der Waals surface area (Å²) in [6, 6.07) is 2.06. The number of aromatic amines is 1. The van der Waals surface area contributed by atoms with Crippen molar-refractivity contribution in [2.45, 2.75) is 64.2 Å². The summed E-state index contributed by atoms with van der Waals surface area (Å²) in [7, 11) is 1.71. The first kappa shape index (κ1) is 23.5. The Morgan fingerprint density at radius 3 is 2.89 bits per heavy atom. The van der Waals surface area contributed by atoms with E-state index in [1.807, 2.05) is 23.9 Å². The molecule has 2 aliphatic rings. The molecule has 0 saturated carbocycles. The van der Waals surface area contributed by atoms with Crippen LogP contribution < -0.4 is 5.69 Å². The van der Waals surface area contributed by atoms with E-state index >= 15 is 0 Å². The lowest BCUT2D eigenvalue weighted by molar-refractivity contribution is -0.0757. The van der Waals surface area contributed by atoms with Crippen molar-refractivity contribution < 1.29 is 9.47 Å². The highest BCUT2D eigenvalue weighted by Crippen LogP contribution is 2.34. The van der Waals surface area contributed by atoms with Gasteiger partial charge in [-0.15, -0.1) is 0 Å². The van der Waals surface area contributed by atoms with Crippen LogP contribution in [-0.4, -0.2) is 50.0 Å². The molecule has 6 rings (SSSR count). The maximum Gasteiger partial charge on any atom is 0.334 e. The van der Waals surface area contributed by atoms with Crippen LogP contribution in [0.15, 0.2) is 35.5 Å². The fourth-order valence-corrected chi connectivity index (χ4v) is 5.84. The lowest BCUT2D eigenvalue weighted by atomic mass is 10.0. The molecule has 0 aromatic carbocycles. The zero-order valence-corrected chi connectivity index (χ0v) is 21.3. The molecule has 9 heteroatoms. The molecule has 0 spiro atoms. The van der Waals surface area contributed by atoms with Crippen LogP contribution >= 0.6 is 11.6 Å². The van der Waals surface area contributed by atoms with E-state index in [0.29, 0.717) is 23.8 Å². The lowest BCUT2D eigenvalue weighted by Gasteiger charge is -2.28. The lowest BCUT2D eigenvalue weighted by Crippen LogP contribution is -2.36. The number of nitrogens with one attached hydrogen (secondary N) is 1. The number of fused-ring (bicyclic) bond motifs is 2. The number of ether oxygens (including phenoxy) is 2. The van der Waals surface area contributed by atoms with Crippen LogP contribution in [0.4, 0.5) is 0 Å². The van der Waals surface area contributed by atoms with E-state index in [0.717, 1.165) is 77.5 Å². The minimum Gasteiger partial charge on any atom is -0.379 e. The van der Waals surface area contributed by atoms with Crippen molar-refractivity contribution in [3.8, 4) is 11.1 Å². The Bertz CT molecular complexity index is 1520. The van der Waals surface area contributed by atoms with Crippen LogP contribution in [0.25, 0.3) is 39.0 Å². The van der Waals surface area contributed by atoms with Crippen LogP contribution in [0.2, 0.25) is 5.02 Å². The first-order valence-corrected chi connectivity index (χ1v) is 13.0. The topological polar surface area (TPSA) is 87.0 Å². The van der Waals surface area contributed by atoms with E-state index in [9.17, 15) is 4.79 Å². The molecule has 5 heterocycles. The van der Waals surface area contributed by atoms with Crippen molar-refractivity contribution in [2.75, 3.05) is 13.7 Å². The van der Waals surface area contributed by atoms with E-state index < -0.39 is 0 Å². The fraction of sp³-hybridized carbons (Fsp3) is 0.444. The average Bonchev–Trinajstić information content (AvgIpc) is 3.42. The van der Waals surface area contributed by atoms with Crippen molar-refractivity contribution in [1.82, 2.24) is 24.1 Å². The van der Waals surface area contributed by atoms with Crippen LogP contribution in [0.5, 0.6) is 0 Å². The second-order valence-electron chi connectivity index (χ2n) is 9.78. The van der Waals surface area contributed by atoms with E-state index in [4.69, 9.17) is 26.1 Å². The highest BCUT2D eigenvalue weighted by Gasteiger charge is 2.26. The largest absolute Gasteiger partial charge is 0.379 e. The molecular formula is C27H30ClN5O3. The Kier molecular flexibility index (Phi) is 6.19. The molecule has 4 aromatic rings. The van der Waals surface area contributed by atoms with Gasteiger partial charge in [0.25, 0.3) is 0 Å². The van der Waals surface area contributed by atoms with Gasteiger partial charge in [-0.3, -0.25) is 4.57 Å². The number of halogens is 1. The van der Waals surface area contributed by atoms with Gasteiger partial charge < -0.3 is 14.5 Å². The summed E-state index contributed by atoms with van der Waals surface area (Å²) >= 11 is 6.43. The third-order valence-corrected chi connectivity index (χ3v) is 7.90. The molecule has 2 atom stereocenters. The molecule has 0 unspecified atom stereocenters. The van der Waals surface area contributed by atoms with Gasteiger partial charge in [0.15, 0.2) is 5.65 Å². The van der Waals surface area contributed by atoms with Gasteiger partial charge in [-0.25, -0.2) is 19.3 Å². The molecule has 188 valence electrons. The number of hydrogen-bond acceptors (Lipinski definition) is 5. The summed E-state index contributed by atoms with van der Waals surface area (Å²) in [5.74, 6) is 0. The second-order valence-corrected chi connectivity index (χ2v) is 10.2. The maximum atomic E-state index is 13.8. The van der Waals surface area contributed by atoms with Crippen molar-refractivity contribution in [2.24, 2.45) is 0 Å². The highest BCUT2D eigenvalue weighted by molar-refractivity contribution is 6.35. The molecule has 1 aliphatic carbocycles. The summed E-state index contributed by atoms with van der Waals surface area (Å²) in [5.41, 5.74) is 6.10. The van der Waals surface area contributed by atoms with Gasteiger partial charge >= 0.3 is 5.69 Å². The van der Waals surface area contributed by atoms with Gasteiger partial charge in [0.05, 0.1) is 35.9 Å². The van der Waals surface area contributed by atoms with Crippen molar-refractivity contribution >= 4 is 39.5 Å². The molecule has 0 bridgehead atoms. The van der Waals surface area contributed by atoms with Crippen LogP contribution in [-0.2, 0) is 16.0 Å². The Morgan fingerprint density at radius 2 is 2.14 bits per heavy atom. The number of rotatable bonds is 5. The minimum atomic E-state index is -0.0563. The molecule has 1 fully saturated rings. The number of aromatic nitrogens is 5. The van der Waals surface area contributed by atoms with Gasteiger partial charge in [-0.2, -0.15) is 0 Å². The number of allylic oxidation sites excluding steroid dienone is 2. The smallest absolute Gasteiger partial charge is 0.334 e. The zero-order valence-electron chi connectivity index (χ0n) is 20.6. The Labute approximate surface area is 213 Å². The Morgan fingerprint density at radius 1 is 1.25 bits per heavy atom. The van der Waals surface area contributed by atoms with E-state index in [2.05, 4.69) is 22.1 Å². The average molecular weight is 508 g/mol. The Balaban J connectivity index is 1.48. The molecule has 36 heavy (non-hydrogen) atoms. The summed E-state index contributed by atoms with van der Waals surface area (Å²) < 4.78 is 15.2. The number of methoxy groups -OCH3 is 1. The quantitative estimate of drug-likeness (QED) is 0.395. The SMILES string of the molecule is CO[C@@H]1CC[C@H](Cn2c(=O)n(C3=CCCCC3)c3ncc(-c4cnc5[nH]cc(Cl)c5c4C)cc32)OC1. The third-order valence-electron chi connectivity index (χ3n) is 7.60. The maximum absolute atomic E-state index is 13.8. The number of imidazole rings is 1. The summed E-state index contributed by atoms with van der Waals surface area (Å²) in [6.45, 7) is 3.07. The Hall–Kier alpha value is -2.94. The molecule has 1 N–H and O–H groups in total. The third kappa shape index (κ3) is 3.97. The number of aryl methyl sites for hydroxylation is 1. The predicted octanol–water partition coefficient (Wildman–Crippen LogP) is 5.31. The predicted molar refractivity (Wildman–Crippen MR) is 141 cm³/mol. The number of pyridine rings is 2. The normalized spacial score (nSPS) is 20.8. The number of nitrogens with zero attached hydrogens (tertiary/aromatic N) is 4. The molecular weight excluding hydrogens is 478 g/mol. The van der Waals surface area contributed by atoms with E-state index in [1.54, 1.807) is 17.9 Å². The first-order chi connectivity index (χ1) is 17.5. The molecule has 1 aliphatic heterocycles. The van der Waals surface area contributed by atoms with Crippen molar-refractivity contribution in [1.29, 1.82) is 0 Å². The van der Waals surface area contributed by atoms with Gasteiger partial charge in [0, 0.05) is 47.9 Å². The summed E-state index contributed by atoms with van der Waals surface area (Å²) in [6.07, 6.45) is 13.5. The number of H-pyrrole nitrogens is 1.